The Kier molecular flexibility index (Phi) is 2.38. The highest BCUT2D eigenvalue weighted by molar-refractivity contribution is 5.09. The lowest BCUT2D eigenvalue weighted by Gasteiger charge is -2.59. The van der Waals surface area contributed by atoms with Crippen LogP contribution < -0.4 is 0 Å². The molecule has 4 bridgehead atoms. The molecule has 1 N–H and O–H groups in total. The zero-order valence-electron chi connectivity index (χ0n) is 10.5. The molecule has 0 radical (unpaired) electrons. The summed E-state index contributed by atoms with van der Waals surface area (Å²) in [5.74, 6) is 2.07. The molecule has 0 aromatic carbocycles. The van der Waals surface area contributed by atoms with Crippen molar-refractivity contribution in [1.82, 2.24) is 0 Å². The van der Waals surface area contributed by atoms with E-state index in [2.05, 4.69) is 13.8 Å². The monoisotopic (exact) mass is 224 g/mol. The first-order valence-corrected chi connectivity index (χ1v) is 6.85. The van der Waals surface area contributed by atoms with E-state index in [1.54, 1.807) is 0 Å². The quantitative estimate of drug-likeness (QED) is 0.798. The van der Waals surface area contributed by atoms with E-state index in [1.165, 1.54) is 19.3 Å². The highest BCUT2D eigenvalue weighted by Gasteiger charge is 2.57. The molecule has 0 heterocycles. The average molecular weight is 224 g/mol. The second-order valence-corrected chi connectivity index (χ2v) is 7.07. The number of hydrogen-bond acceptors (Lipinski definition) is 2. The van der Waals surface area contributed by atoms with Crippen molar-refractivity contribution in [2.24, 2.45) is 17.8 Å². The molecule has 16 heavy (non-hydrogen) atoms. The van der Waals surface area contributed by atoms with E-state index in [-0.39, 0.29) is 11.2 Å². The summed E-state index contributed by atoms with van der Waals surface area (Å²) in [6.07, 6.45) is 6.73. The Bertz CT molecular complexity index is 270. The SMILES string of the molecule is CC(C)COC12CC3CC(CC(O)(C3)C1)C2. The van der Waals surface area contributed by atoms with Crippen LogP contribution in [-0.4, -0.2) is 22.9 Å². The van der Waals surface area contributed by atoms with E-state index in [4.69, 9.17) is 4.74 Å². The number of aliphatic hydroxyl groups is 1. The molecule has 4 aliphatic rings. The molecule has 2 heteroatoms. The highest BCUT2D eigenvalue weighted by Crippen LogP contribution is 2.58. The number of ether oxygens (including phenoxy) is 1. The van der Waals surface area contributed by atoms with Crippen LogP contribution in [0, 0.1) is 17.8 Å². The summed E-state index contributed by atoms with van der Waals surface area (Å²) in [5.41, 5.74) is -0.329. The molecular weight excluding hydrogens is 200 g/mol. The topological polar surface area (TPSA) is 29.5 Å². The molecular formula is C14H24O2. The van der Waals surface area contributed by atoms with Crippen molar-refractivity contribution in [2.75, 3.05) is 6.61 Å². The van der Waals surface area contributed by atoms with Gasteiger partial charge >= 0.3 is 0 Å². The van der Waals surface area contributed by atoms with Crippen LogP contribution in [0.25, 0.3) is 0 Å². The summed E-state index contributed by atoms with van der Waals surface area (Å²) in [5, 5.41) is 10.6. The molecule has 4 fully saturated rings. The van der Waals surface area contributed by atoms with E-state index < -0.39 is 0 Å². The third-order valence-corrected chi connectivity index (χ3v) is 4.70. The van der Waals surface area contributed by atoms with Gasteiger partial charge in [0.1, 0.15) is 0 Å². The predicted octanol–water partition coefficient (Wildman–Crippen LogP) is 2.74. The van der Waals surface area contributed by atoms with E-state index in [9.17, 15) is 5.11 Å². The fraction of sp³-hybridized carbons (Fsp3) is 1.00. The summed E-state index contributed by atoms with van der Waals surface area (Å²) < 4.78 is 6.21. The van der Waals surface area contributed by atoms with E-state index in [0.29, 0.717) is 5.92 Å². The van der Waals surface area contributed by atoms with Crippen LogP contribution in [0.15, 0.2) is 0 Å². The third-order valence-electron chi connectivity index (χ3n) is 4.70. The Balaban J connectivity index is 1.76. The van der Waals surface area contributed by atoms with E-state index in [0.717, 1.165) is 37.7 Å². The first-order chi connectivity index (χ1) is 7.49. The van der Waals surface area contributed by atoms with Gasteiger partial charge in [-0.2, -0.15) is 0 Å². The van der Waals surface area contributed by atoms with Gasteiger partial charge in [-0.1, -0.05) is 13.8 Å². The molecule has 0 aliphatic heterocycles. The van der Waals surface area contributed by atoms with Crippen LogP contribution >= 0.6 is 0 Å². The first-order valence-electron chi connectivity index (χ1n) is 6.85. The first kappa shape index (κ1) is 11.0. The maximum absolute atomic E-state index is 10.6. The van der Waals surface area contributed by atoms with Gasteiger partial charge in [-0.15, -0.1) is 0 Å². The van der Waals surface area contributed by atoms with Crippen molar-refractivity contribution in [3.63, 3.8) is 0 Å². The fourth-order valence-electron chi connectivity index (χ4n) is 4.64. The summed E-state index contributed by atoms with van der Waals surface area (Å²) in [6, 6.07) is 0. The molecule has 4 saturated carbocycles. The Morgan fingerprint density at radius 1 is 1.19 bits per heavy atom. The minimum Gasteiger partial charge on any atom is -0.390 e. The van der Waals surface area contributed by atoms with Gasteiger partial charge < -0.3 is 9.84 Å². The van der Waals surface area contributed by atoms with Crippen molar-refractivity contribution in [2.45, 2.75) is 63.6 Å². The maximum atomic E-state index is 10.6. The predicted molar refractivity (Wildman–Crippen MR) is 63.2 cm³/mol. The van der Waals surface area contributed by atoms with Gasteiger partial charge in [-0.3, -0.25) is 0 Å². The molecule has 2 unspecified atom stereocenters. The average Bonchev–Trinajstić information content (AvgIpc) is 2.10. The fourth-order valence-corrected chi connectivity index (χ4v) is 4.64. The summed E-state index contributed by atoms with van der Waals surface area (Å²) >= 11 is 0. The third kappa shape index (κ3) is 1.80. The smallest absolute Gasteiger partial charge is 0.0715 e. The molecule has 0 amide bonds. The van der Waals surface area contributed by atoms with Gasteiger partial charge in [0.05, 0.1) is 11.2 Å². The van der Waals surface area contributed by atoms with Crippen LogP contribution in [0.1, 0.15) is 52.4 Å². The van der Waals surface area contributed by atoms with Crippen molar-refractivity contribution >= 4 is 0 Å². The molecule has 0 saturated heterocycles. The zero-order valence-corrected chi connectivity index (χ0v) is 10.5. The van der Waals surface area contributed by atoms with Crippen LogP contribution in [0.4, 0.5) is 0 Å². The second-order valence-electron chi connectivity index (χ2n) is 7.07. The minimum absolute atomic E-state index is 0.0447. The van der Waals surface area contributed by atoms with Crippen LogP contribution in [0.3, 0.4) is 0 Å². The number of rotatable bonds is 3. The standard InChI is InChI=1S/C14H24O2/c1-10(2)8-16-14-6-11-3-12(7-14)5-13(15,4-11)9-14/h10-12,15H,3-9H2,1-2H3. The lowest BCUT2D eigenvalue weighted by atomic mass is 9.52. The zero-order chi connectivity index (χ0) is 11.4. The van der Waals surface area contributed by atoms with Gasteiger partial charge in [0.2, 0.25) is 0 Å². The van der Waals surface area contributed by atoms with Crippen LogP contribution in [0.5, 0.6) is 0 Å². The summed E-state index contributed by atoms with van der Waals surface area (Å²) in [7, 11) is 0. The van der Waals surface area contributed by atoms with E-state index in [1.807, 2.05) is 0 Å². The van der Waals surface area contributed by atoms with Crippen molar-refractivity contribution in [1.29, 1.82) is 0 Å². The molecule has 92 valence electrons. The van der Waals surface area contributed by atoms with Gasteiger partial charge in [0.25, 0.3) is 0 Å². The van der Waals surface area contributed by atoms with Crippen molar-refractivity contribution < 1.29 is 9.84 Å². The Morgan fingerprint density at radius 2 is 1.81 bits per heavy atom. The van der Waals surface area contributed by atoms with Gasteiger partial charge in [-0.25, -0.2) is 0 Å². The van der Waals surface area contributed by atoms with Crippen LogP contribution in [0.2, 0.25) is 0 Å². The lowest BCUT2D eigenvalue weighted by molar-refractivity contribution is -0.222. The summed E-state index contributed by atoms with van der Waals surface area (Å²) in [6.45, 7) is 5.26. The molecule has 0 aromatic heterocycles. The van der Waals surface area contributed by atoms with E-state index >= 15 is 0 Å². The summed E-state index contributed by atoms with van der Waals surface area (Å²) in [4.78, 5) is 0. The molecule has 4 rings (SSSR count). The normalized spacial score (nSPS) is 50.2. The Hall–Kier alpha value is -0.0800. The lowest BCUT2D eigenvalue weighted by Crippen LogP contribution is -2.60. The Labute approximate surface area is 98.4 Å². The van der Waals surface area contributed by atoms with Crippen molar-refractivity contribution in [3.8, 4) is 0 Å². The molecule has 4 aliphatic carbocycles. The van der Waals surface area contributed by atoms with Crippen molar-refractivity contribution in [3.05, 3.63) is 0 Å². The van der Waals surface area contributed by atoms with Gasteiger partial charge in [0.15, 0.2) is 0 Å². The minimum atomic E-state index is -0.374. The highest BCUT2D eigenvalue weighted by atomic mass is 16.5. The largest absolute Gasteiger partial charge is 0.390 e. The Morgan fingerprint density at radius 3 is 2.31 bits per heavy atom. The molecule has 2 atom stereocenters. The molecule has 0 spiro atoms. The maximum Gasteiger partial charge on any atom is 0.0715 e. The molecule has 2 nitrogen and oxygen atoms in total. The van der Waals surface area contributed by atoms with Crippen LogP contribution in [-0.2, 0) is 4.74 Å². The number of hydrogen-bond donors (Lipinski definition) is 1. The van der Waals surface area contributed by atoms with Gasteiger partial charge in [0, 0.05) is 13.0 Å². The second kappa shape index (κ2) is 3.46. The van der Waals surface area contributed by atoms with Gasteiger partial charge in [-0.05, 0) is 49.9 Å². The molecule has 0 aromatic rings.